The molecule has 7 heteroatoms. The zero-order chi connectivity index (χ0) is 32.9. The molecule has 0 spiro atoms. The van der Waals surface area contributed by atoms with E-state index in [2.05, 4.69) is 154 Å². The van der Waals surface area contributed by atoms with E-state index in [1.807, 2.05) is 42.7 Å². The van der Waals surface area contributed by atoms with Crippen molar-refractivity contribution >= 4 is 32.8 Å². The van der Waals surface area contributed by atoms with E-state index >= 15 is 0 Å². The Bertz CT molecular complexity index is 2730. The van der Waals surface area contributed by atoms with Gasteiger partial charge >= 0.3 is 223 Å². The van der Waals surface area contributed by atoms with Gasteiger partial charge in [0.1, 0.15) is 0 Å². The molecule has 4 heterocycles. The quantitative estimate of drug-likeness (QED) is 0.157. The summed E-state index contributed by atoms with van der Waals surface area (Å²) in [6.45, 7) is 2.11. The van der Waals surface area contributed by atoms with Gasteiger partial charge in [-0.2, -0.15) is 0 Å². The van der Waals surface area contributed by atoms with Crippen LogP contribution in [0.5, 0.6) is 11.5 Å². The molecule has 0 N–H and O–H groups in total. The van der Waals surface area contributed by atoms with E-state index in [-0.39, 0.29) is 0 Å². The van der Waals surface area contributed by atoms with Gasteiger partial charge in [-0.3, -0.25) is 4.98 Å². The SMILES string of the molecule is Cc1cc(-n2c3[c-]c(Oc4[c-]c(-n5[c](=[Pt])n(-c6ccccc6)c6ccccc65)ccc4)ccc3c3ccccc32)ncc1-c1cccnc1. The minimum absolute atomic E-state index is 0.597. The van der Waals surface area contributed by atoms with Crippen molar-refractivity contribution in [2.45, 2.75) is 6.92 Å². The summed E-state index contributed by atoms with van der Waals surface area (Å²) in [6, 6.07) is 50.5. The molecule has 9 aromatic rings. The van der Waals surface area contributed by atoms with Gasteiger partial charge in [-0.25, -0.2) is 0 Å². The Morgan fingerprint density at radius 3 is 2.18 bits per heavy atom. The topological polar surface area (TPSA) is 49.8 Å². The number of fused-ring (bicyclic) bond motifs is 4. The van der Waals surface area contributed by atoms with Crippen molar-refractivity contribution in [1.29, 1.82) is 0 Å². The molecule has 0 radical (unpaired) electrons. The van der Waals surface area contributed by atoms with Crippen LogP contribution in [0.15, 0.2) is 146 Å². The second-order valence-corrected chi connectivity index (χ2v) is 12.8. The molecule has 0 bridgehead atoms. The third kappa shape index (κ3) is 5.04. The first kappa shape index (κ1) is 29.3. The molecule has 49 heavy (non-hydrogen) atoms. The van der Waals surface area contributed by atoms with Gasteiger partial charge in [0.25, 0.3) is 0 Å². The number of aromatic nitrogens is 5. The summed E-state index contributed by atoms with van der Waals surface area (Å²) in [5, 5.41) is 2.21. The minimum atomic E-state index is 0.597. The number of nitrogens with zero attached hydrogens (tertiary/aromatic N) is 5. The van der Waals surface area contributed by atoms with Crippen LogP contribution in [-0.4, -0.2) is 23.7 Å². The predicted molar refractivity (Wildman–Crippen MR) is 190 cm³/mol. The van der Waals surface area contributed by atoms with Crippen molar-refractivity contribution in [1.82, 2.24) is 23.7 Å². The molecule has 4 aromatic heterocycles. The molecule has 5 aromatic carbocycles. The number of para-hydroxylation sites is 4. The van der Waals surface area contributed by atoms with Crippen LogP contribution < -0.4 is 4.74 Å². The standard InChI is InChI=1S/C42H27N5O.Pt/c1-29-23-42(44-27-37(29)30-11-10-22-43-26-30)47-38-17-6-5-16-35(38)36-21-20-34(25-41(36)47)48-33-15-9-14-32(24-33)46-28-45(31-12-3-2-4-13-31)39-18-7-8-19-40(39)46;/h2-23,26-27H,1H3;/q-2;. The first-order valence-electron chi connectivity index (χ1n) is 15.9. The van der Waals surface area contributed by atoms with Crippen LogP contribution in [0.25, 0.3) is 61.2 Å². The van der Waals surface area contributed by atoms with Crippen LogP contribution in [0, 0.1) is 22.9 Å². The van der Waals surface area contributed by atoms with E-state index in [1.54, 1.807) is 6.20 Å². The predicted octanol–water partition coefficient (Wildman–Crippen LogP) is 9.76. The second-order valence-electron chi connectivity index (χ2n) is 11.8. The number of hydrogen-bond acceptors (Lipinski definition) is 3. The van der Waals surface area contributed by atoms with Crippen LogP contribution in [0.3, 0.4) is 0 Å². The van der Waals surface area contributed by atoms with Gasteiger partial charge in [-0.05, 0) is 18.6 Å². The van der Waals surface area contributed by atoms with E-state index in [0.717, 1.165) is 70.5 Å². The van der Waals surface area contributed by atoms with E-state index in [9.17, 15) is 0 Å². The number of rotatable bonds is 6. The van der Waals surface area contributed by atoms with Gasteiger partial charge in [-0.15, -0.1) is 0 Å². The summed E-state index contributed by atoms with van der Waals surface area (Å²) in [5.41, 5.74) is 9.35. The first-order chi connectivity index (χ1) is 24.1. The number of imidazole rings is 1. The Hall–Kier alpha value is -5.84. The molecular formula is C42H27N5OPt-2. The van der Waals surface area contributed by atoms with Crippen molar-refractivity contribution in [3.05, 3.63) is 167 Å². The number of aryl methyl sites for hydroxylation is 1. The first-order valence-corrected chi connectivity index (χ1v) is 17.0. The third-order valence-corrected chi connectivity index (χ3v) is 9.80. The minimum Gasteiger partial charge on any atom is -0.264 e. The number of ether oxygens (including phenoxy) is 1. The second kappa shape index (κ2) is 12.0. The molecule has 0 unspecified atom stereocenters. The van der Waals surface area contributed by atoms with Crippen LogP contribution in [0.2, 0.25) is 0 Å². The Labute approximate surface area is 293 Å². The number of benzene rings is 5. The third-order valence-electron chi connectivity index (χ3n) is 8.79. The van der Waals surface area contributed by atoms with E-state index < -0.39 is 0 Å². The molecule has 0 fully saturated rings. The van der Waals surface area contributed by atoms with Gasteiger partial charge in [0.2, 0.25) is 0 Å². The summed E-state index contributed by atoms with van der Waals surface area (Å²) in [5.74, 6) is 2.02. The molecule has 6 nitrogen and oxygen atoms in total. The molecule has 0 aliphatic rings. The van der Waals surface area contributed by atoms with E-state index in [1.165, 1.54) is 0 Å². The Morgan fingerprint density at radius 2 is 1.39 bits per heavy atom. The van der Waals surface area contributed by atoms with Gasteiger partial charge in [0.05, 0.1) is 0 Å². The zero-order valence-electron chi connectivity index (χ0n) is 26.3. The Morgan fingerprint density at radius 1 is 0.633 bits per heavy atom. The maximum absolute atomic E-state index is 6.51. The molecule has 0 aliphatic heterocycles. The zero-order valence-corrected chi connectivity index (χ0v) is 28.6. The van der Waals surface area contributed by atoms with Crippen molar-refractivity contribution in [3.8, 4) is 39.8 Å². The Kier molecular flexibility index (Phi) is 7.18. The summed E-state index contributed by atoms with van der Waals surface area (Å²) < 4.78 is 14.2. The molecule has 0 aliphatic carbocycles. The summed E-state index contributed by atoms with van der Waals surface area (Å²) >= 11 is 2.40. The molecule has 0 atom stereocenters. The Balaban J connectivity index is 1.13. The molecule has 0 amide bonds. The van der Waals surface area contributed by atoms with Gasteiger partial charge in [-0.1, -0.05) is 18.2 Å². The van der Waals surface area contributed by atoms with Crippen molar-refractivity contribution < 1.29 is 24.1 Å². The van der Waals surface area contributed by atoms with Gasteiger partial charge < -0.3 is 0 Å². The van der Waals surface area contributed by atoms with Crippen LogP contribution in [0.4, 0.5) is 0 Å². The van der Waals surface area contributed by atoms with Crippen LogP contribution in [0.1, 0.15) is 5.56 Å². The van der Waals surface area contributed by atoms with Crippen LogP contribution >= 0.6 is 0 Å². The van der Waals surface area contributed by atoms with Crippen molar-refractivity contribution in [3.63, 3.8) is 0 Å². The summed E-state index contributed by atoms with van der Waals surface area (Å²) in [6.07, 6.45) is 5.58. The molecular weight excluding hydrogens is 786 g/mol. The molecule has 0 saturated carbocycles. The number of pyridine rings is 2. The van der Waals surface area contributed by atoms with Crippen molar-refractivity contribution in [2.75, 3.05) is 0 Å². The smallest absolute Gasteiger partial charge is 0.264 e. The average molecular weight is 813 g/mol. The van der Waals surface area contributed by atoms with Crippen molar-refractivity contribution in [2.24, 2.45) is 0 Å². The van der Waals surface area contributed by atoms with E-state index in [4.69, 9.17) is 9.72 Å². The molecule has 238 valence electrons. The molecule has 9 rings (SSSR count). The maximum atomic E-state index is 6.51. The summed E-state index contributed by atoms with van der Waals surface area (Å²) in [4.78, 5) is 9.23. The normalized spacial score (nSPS) is 11.5. The average Bonchev–Trinajstić information content (AvgIpc) is 3.63. The fraction of sp³-hybridized carbons (Fsp3) is 0.0238. The fourth-order valence-corrected chi connectivity index (χ4v) is 7.68. The molecule has 0 saturated heterocycles. The monoisotopic (exact) mass is 812 g/mol. The number of hydrogen-bond donors (Lipinski definition) is 0. The van der Waals surface area contributed by atoms with Gasteiger partial charge in [0.15, 0.2) is 0 Å². The fourth-order valence-electron chi connectivity index (χ4n) is 6.57. The summed E-state index contributed by atoms with van der Waals surface area (Å²) in [7, 11) is 0. The van der Waals surface area contributed by atoms with Crippen LogP contribution in [-0.2, 0) is 19.4 Å². The van der Waals surface area contributed by atoms with Gasteiger partial charge in [0, 0.05) is 29.7 Å². The van der Waals surface area contributed by atoms with E-state index in [0.29, 0.717) is 11.5 Å².